The second kappa shape index (κ2) is 7.94. The molecule has 0 amide bonds. The minimum Gasteiger partial charge on any atom is -0.438 e. The number of fused-ring (bicyclic) bond motifs is 1. The van der Waals surface area contributed by atoms with Crippen molar-refractivity contribution in [2.75, 3.05) is 6.61 Å². The molecule has 1 saturated heterocycles. The Morgan fingerprint density at radius 2 is 1.79 bits per heavy atom. The SMILES string of the molecule is C[C@H]1OCCC1n1cc(-c2ncnc3oc(-c4ccccc4)cc23)c(-c2ccc(F)cc2)n1. The van der Waals surface area contributed by atoms with E-state index >= 15 is 0 Å². The Balaban J connectivity index is 1.54. The summed E-state index contributed by atoms with van der Waals surface area (Å²) in [7, 11) is 0. The van der Waals surface area contributed by atoms with E-state index in [-0.39, 0.29) is 18.0 Å². The fraction of sp³-hybridized carbons (Fsp3) is 0.192. The molecule has 0 radical (unpaired) electrons. The maximum atomic E-state index is 13.6. The maximum absolute atomic E-state index is 13.6. The predicted molar refractivity (Wildman–Crippen MR) is 123 cm³/mol. The number of nitrogens with zero attached hydrogens (tertiary/aromatic N) is 4. The zero-order chi connectivity index (χ0) is 22.4. The van der Waals surface area contributed by atoms with Crippen LogP contribution >= 0.6 is 0 Å². The molecular formula is C26H21FN4O2. The summed E-state index contributed by atoms with van der Waals surface area (Å²) in [6.45, 7) is 2.76. The lowest BCUT2D eigenvalue weighted by atomic mass is 10.0. The standard InChI is InChI=1S/C26H21FN4O2/c1-16-22(11-12-32-16)31-14-21(24(30-31)18-7-9-19(27)10-8-18)25-20-13-23(17-5-3-2-4-6-17)33-26(20)29-15-28-25/h2-10,13-16,22H,11-12H2,1H3/t16-,22?/m1/s1. The van der Waals surface area contributed by atoms with Gasteiger partial charge in [0.1, 0.15) is 23.6 Å². The van der Waals surface area contributed by atoms with E-state index < -0.39 is 0 Å². The van der Waals surface area contributed by atoms with E-state index in [4.69, 9.17) is 14.3 Å². The number of hydrogen-bond donors (Lipinski definition) is 0. The van der Waals surface area contributed by atoms with Crippen LogP contribution in [0.2, 0.25) is 0 Å². The lowest BCUT2D eigenvalue weighted by Gasteiger charge is -2.14. The van der Waals surface area contributed by atoms with Crippen LogP contribution in [0.15, 0.2) is 77.6 Å². The largest absolute Gasteiger partial charge is 0.438 e. The molecule has 2 aromatic carbocycles. The highest BCUT2D eigenvalue weighted by Gasteiger charge is 2.29. The second-order valence-corrected chi connectivity index (χ2v) is 8.23. The normalized spacial score (nSPS) is 18.2. The van der Waals surface area contributed by atoms with Crippen molar-refractivity contribution in [3.05, 3.63) is 79.0 Å². The zero-order valence-corrected chi connectivity index (χ0v) is 18.0. The molecule has 1 unspecified atom stereocenters. The second-order valence-electron chi connectivity index (χ2n) is 8.23. The summed E-state index contributed by atoms with van der Waals surface area (Å²) < 4.78 is 27.4. The molecule has 33 heavy (non-hydrogen) atoms. The van der Waals surface area contributed by atoms with Crippen LogP contribution < -0.4 is 0 Å². The van der Waals surface area contributed by atoms with E-state index in [2.05, 4.69) is 16.9 Å². The highest BCUT2D eigenvalue weighted by Crippen LogP contribution is 2.38. The molecule has 0 aliphatic carbocycles. The number of rotatable bonds is 4. The molecule has 1 fully saturated rings. The average molecular weight is 440 g/mol. The van der Waals surface area contributed by atoms with Crippen LogP contribution in [-0.4, -0.2) is 32.5 Å². The van der Waals surface area contributed by atoms with Crippen LogP contribution in [0.1, 0.15) is 19.4 Å². The number of ether oxygens (including phenoxy) is 1. The molecule has 3 aromatic heterocycles. The third-order valence-electron chi connectivity index (χ3n) is 6.17. The van der Waals surface area contributed by atoms with E-state index in [0.29, 0.717) is 12.3 Å². The molecule has 0 spiro atoms. The van der Waals surface area contributed by atoms with Crippen LogP contribution in [0.25, 0.3) is 44.9 Å². The lowest BCUT2D eigenvalue weighted by molar-refractivity contribution is 0.105. The predicted octanol–water partition coefficient (Wildman–Crippen LogP) is 5.91. The van der Waals surface area contributed by atoms with Gasteiger partial charge >= 0.3 is 0 Å². The van der Waals surface area contributed by atoms with Crippen LogP contribution in [0.3, 0.4) is 0 Å². The summed E-state index contributed by atoms with van der Waals surface area (Å²) in [6, 6.07) is 18.4. The number of furan rings is 1. The highest BCUT2D eigenvalue weighted by molar-refractivity contribution is 5.95. The molecule has 0 saturated carbocycles. The Morgan fingerprint density at radius 1 is 0.970 bits per heavy atom. The molecule has 0 bridgehead atoms. The highest BCUT2D eigenvalue weighted by atomic mass is 19.1. The van der Waals surface area contributed by atoms with Gasteiger partial charge in [-0.25, -0.2) is 14.4 Å². The topological polar surface area (TPSA) is 66.0 Å². The van der Waals surface area contributed by atoms with E-state index in [0.717, 1.165) is 45.6 Å². The van der Waals surface area contributed by atoms with Crippen molar-refractivity contribution < 1.29 is 13.5 Å². The summed E-state index contributed by atoms with van der Waals surface area (Å²) >= 11 is 0. The molecule has 2 atom stereocenters. The first-order chi connectivity index (χ1) is 16.2. The summed E-state index contributed by atoms with van der Waals surface area (Å²) in [5.41, 5.74) is 4.59. The van der Waals surface area contributed by atoms with Crippen LogP contribution in [0, 0.1) is 5.82 Å². The van der Waals surface area contributed by atoms with Crippen molar-refractivity contribution >= 4 is 11.1 Å². The van der Waals surface area contributed by atoms with Gasteiger partial charge in [0.2, 0.25) is 5.71 Å². The Bertz CT molecular complexity index is 1430. The quantitative estimate of drug-likeness (QED) is 0.348. The van der Waals surface area contributed by atoms with E-state index in [1.54, 1.807) is 12.1 Å². The molecule has 1 aliphatic heterocycles. The average Bonchev–Trinajstić information content (AvgIpc) is 3.57. The van der Waals surface area contributed by atoms with E-state index in [9.17, 15) is 4.39 Å². The van der Waals surface area contributed by atoms with Crippen molar-refractivity contribution in [1.29, 1.82) is 0 Å². The first-order valence-corrected chi connectivity index (χ1v) is 10.9. The van der Waals surface area contributed by atoms with Gasteiger partial charge in [0, 0.05) is 29.5 Å². The molecular weight excluding hydrogens is 419 g/mol. The first kappa shape index (κ1) is 19.8. The lowest BCUT2D eigenvalue weighted by Crippen LogP contribution is -2.17. The number of halogens is 1. The fourth-order valence-corrected chi connectivity index (χ4v) is 4.44. The van der Waals surface area contributed by atoms with Crippen LogP contribution in [0.5, 0.6) is 0 Å². The molecule has 6 rings (SSSR count). The molecule has 0 N–H and O–H groups in total. The van der Waals surface area contributed by atoms with Gasteiger partial charge in [0.25, 0.3) is 0 Å². The van der Waals surface area contributed by atoms with Gasteiger partial charge in [-0.05, 0) is 43.7 Å². The number of aromatic nitrogens is 4. The third-order valence-corrected chi connectivity index (χ3v) is 6.17. The molecule has 7 heteroatoms. The van der Waals surface area contributed by atoms with Crippen molar-refractivity contribution in [3.63, 3.8) is 0 Å². The Kier molecular flexibility index (Phi) is 4.77. The third kappa shape index (κ3) is 3.50. The van der Waals surface area contributed by atoms with Crippen molar-refractivity contribution in [3.8, 4) is 33.8 Å². The minimum atomic E-state index is -0.288. The van der Waals surface area contributed by atoms with Crippen LogP contribution in [0.4, 0.5) is 4.39 Å². The van der Waals surface area contributed by atoms with E-state index in [1.165, 1.54) is 18.5 Å². The van der Waals surface area contributed by atoms with Gasteiger partial charge in [0.15, 0.2) is 0 Å². The zero-order valence-electron chi connectivity index (χ0n) is 18.0. The summed E-state index contributed by atoms with van der Waals surface area (Å²) in [5.74, 6) is 0.435. The Labute approximate surface area is 189 Å². The molecule has 1 aliphatic rings. The summed E-state index contributed by atoms with van der Waals surface area (Å²) in [6.07, 6.45) is 4.45. The minimum absolute atomic E-state index is 0.0582. The van der Waals surface area contributed by atoms with Gasteiger partial charge in [-0.2, -0.15) is 5.10 Å². The van der Waals surface area contributed by atoms with Crippen molar-refractivity contribution in [1.82, 2.24) is 19.7 Å². The maximum Gasteiger partial charge on any atom is 0.230 e. The number of hydrogen-bond acceptors (Lipinski definition) is 5. The van der Waals surface area contributed by atoms with Gasteiger partial charge in [-0.15, -0.1) is 0 Å². The fourth-order valence-electron chi connectivity index (χ4n) is 4.44. The van der Waals surface area contributed by atoms with Crippen LogP contribution in [-0.2, 0) is 4.74 Å². The van der Waals surface area contributed by atoms with E-state index in [1.807, 2.05) is 47.3 Å². The van der Waals surface area contributed by atoms with Gasteiger partial charge in [-0.3, -0.25) is 4.68 Å². The molecule has 5 aromatic rings. The smallest absolute Gasteiger partial charge is 0.230 e. The Hall–Kier alpha value is -3.84. The monoisotopic (exact) mass is 440 g/mol. The van der Waals surface area contributed by atoms with Gasteiger partial charge in [0.05, 0.1) is 23.2 Å². The summed E-state index contributed by atoms with van der Waals surface area (Å²) in [4.78, 5) is 8.97. The number of benzene rings is 2. The van der Waals surface area contributed by atoms with Gasteiger partial charge < -0.3 is 9.15 Å². The molecule has 6 nitrogen and oxygen atoms in total. The summed E-state index contributed by atoms with van der Waals surface area (Å²) in [5, 5.41) is 5.71. The molecule has 164 valence electrons. The Morgan fingerprint density at radius 3 is 2.55 bits per heavy atom. The first-order valence-electron chi connectivity index (χ1n) is 10.9. The van der Waals surface area contributed by atoms with Crippen molar-refractivity contribution in [2.45, 2.75) is 25.5 Å². The van der Waals surface area contributed by atoms with Gasteiger partial charge in [-0.1, -0.05) is 30.3 Å². The molecule has 4 heterocycles. The van der Waals surface area contributed by atoms with Crippen molar-refractivity contribution in [2.24, 2.45) is 0 Å².